The van der Waals surface area contributed by atoms with Gasteiger partial charge in [0.25, 0.3) is 0 Å². The Bertz CT molecular complexity index is 526. The quantitative estimate of drug-likeness (QED) is 0.0704. The predicted molar refractivity (Wildman–Crippen MR) is 149 cm³/mol. The summed E-state index contributed by atoms with van der Waals surface area (Å²) >= 11 is 0. The topological polar surface area (TPSA) is 63.6 Å². The molecule has 4 nitrogen and oxygen atoms in total. The highest BCUT2D eigenvalue weighted by molar-refractivity contribution is 5.78. The highest BCUT2D eigenvalue weighted by Gasteiger charge is 2.20. The van der Waals surface area contributed by atoms with Gasteiger partial charge < -0.3 is 9.84 Å². The maximum Gasteiger partial charge on any atom is 0.307 e. The van der Waals surface area contributed by atoms with Gasteiger partial charge in [-0.05, 0) is 19.3 Å². The van der Waals surface area contributed by atoms with Gasteiger partial charge in [0.05, 0.1) is 12.3 Å². The first-order chi connectivity index (χ1) is 17.1. The van der Waals surface area contributed by atoms with Gasteiger partial charge >= 0.3 is 11.9 Å². The summed E-state index contributed by atoms with van der Waals surface area (Å²) in [5.74, 6) is -2.15. The summed E-state index contributed by atoms with van der Waals surface area (Å²) in [5, 5.41) is 9.26. The van der Waals surface area contributed by atoms with Crippen LogP contribution in [0.15, 0.2) is 24.8 Å². The van der Waals surface area contributed by atoms with Gasteiger partial charge in [0.15, 0.2) is 0 Å². The summed E-state index contributed by atoms with van der Waals surface area (Å²) in [4.78, 5) is 22.9. The molecule has 0 fully saturated rings. The lowest BCUT2D eigenvalue weighted by atomic mass is 10.0. The van der Waals surface area contributed by atoms with E-state index < -0.39 is 17.9 Å². The first-order valence-corrected chi connectivity index (χ1v) is 14.8. The number of carboxylic acids is 1. The fourth-order valence-corrected chi connectivity index (χ4v) is 4.40. The SMILES string of the molecule is C=CCOC(=O)CC(C/C=C/CCCCCCCCCCCCCCCCCCCCC)C(=O)O. The molecule has 1 atom stereocenters. The third-order valence-corrected chi connectivity index (χ3v) is 6.69. The Balaban J connectivity index is 3.40. The second-order valence-electron chi connectivity index (χ2n) is 10.1. The Hall–Kier alpha value is -1.58. The number of rotatable bonds is 27. The number of hydrogen-bond acceptors (Lipinski definition) is 3. The van der Waals surface area contributed by atoms with E-state index in [1.165, 1.54) is 122 Å². The van der Waals surface area contributed by atoms with Crippen LogP contribution in [0.3, 0.4) is 0 Å². The zero-order chi connectivity index (χ0) is 25.8. The maximum absolute atomic E-state index is 11.6. The number of carboxylic acid groups (broad SMARTS) is 1. The van der Waals surface area contributed by atoms with Crippen molar-refractivity contribution in [1.29, 1.82) is 0 Å². The van der Waals surface area contributed by atoms with Gasteiger partial charge in [-0.25, -0.2) is 0 Å². The molecule has 0 radical (unpaired) electrons. The molecule has 204 valence electrons. The Kier molecular flexibility index (Phi) is 25.8. The van der Waals surface area contributed by atoms with Crippen molar-refractivity contribution in [3.63, 3.8) is 0 Å². The van der Waals surface area contributed by atoms with Gasteiger partial charge in [-0.1, -0.05) is 147 Å². The number of carbonyl (C=O) groups excluding carboxylic acids is 1. The van der Waals surface area contributed by atoms with Gasteiger partial charge in [-0.2, -0.15) is 0 Å². The number of unbranched alkanes of at least 4 members (excludes halogenated alkanes) is 19. The Morgan fingerprint density at radius 1 is 0.714 bits per heavy atom. The van der Waals surface area contributed by atoms with E-state index in [0.717, 1.165) is 12.8 Å². The first kappa shape index (κ1) is 33.4. The lowest BCUT2D eigenvalue weighted by Gasteiger charge is -2.09. The van der Waals surface area contributed by atoms with Crippen LogP contribution in [0.2, 0.25) is 0 Å². The molecule has 0 aromatic rings. The molecule has 0 amide bonds. The molecule has 0 aliphatic carbocycles. The van der Waals surface area contributed by atoms with Crippen LogP contribution in [0.1, 0.15) is 148 Å². The number of hydrogen-bond donors (Lipinski definition) is 1. The number of aliphatic carboxylic acids is 1. The molecule has 0 heterocycles. The molecule has 0 rings (SSSR count). The summed E-state index contributed by atoms with van der Waals surface area (Å²) in [6, 6.07) is 0. The fourth-order valence-electron chi connectivity index (χ4n) is 4.40. The van der Waals surface area contributed by atoms with Crippen molar-refractivity contribution in [1.82, 2.24) is 0 Å². The summed E-state index contributed by atoms with van der Waals surface area (Å²) in [5.41, 5.74) is 0. The molecule has 0 aliphatic heterocycles. The third-order valence-electron chi connectivity index (χ3n) is 6.69. The Morgan fingerprint density at radius 2 is 1.14 bits per heavy atom. The number of allylic oxidation sites excluding steroid dienone is 2. The molecule has 4 heteroatoms. The van der Waals surface area contributed by atoms with Crippen LogP contribution >= 0.6 is 0 Å². The molecule has 0 aliphatic rings. The average molecular weight is 493 g/mol. The minimum absolute atomic E-state index is 0.0905. The molecular weight excluding hydrogens is 436 g/mol. The van der Waals surface area contributed by atoms with E-state index in [4.69, 9.17) is 4.74 Å². The zero-order valence-corrected chi connectivity index (χ0v) is 23.0. The van der Waals surface area contributed by atoms with Gasteiger partial charge in [-0.3, -0.25) is 9.59 Å². The number of esters is 1. The zero-order valence-electron chi connectivity index (χ0n) is 23.0. The van der Waals surface area contributed by atoms with Crippen molar-refractivity contribution in [2.75, 3.05) is 6.61 Å². The minimum Gasteiger partial charge on any atom is -0.481 e. The van der Waals surface area contributed by atoms with E-state index in [1.807, 2.05) is 6.08 Å². The number of ether oxygens (including phenoxy) is 1. The van der Waals surface area contributed by atoms with Crippen LogP contribution in [0.4, 0.5) is 0 Å². The van der Waals surface area contributed by atoms with Crippen molar-refractivity contribution in [2.24, 2.45) is 5.92 Å². The standard InChI is InChI=1S/C31H56O4/c1-3-5-6-7-8-9-10-11-12-13-14-15-16-17-18-19-20-21-22-23-24-25-26-29(31(33)34)28-30(32)35-27-4-2/h4,24-25,29H,2-3,5-23,26-28H2,1H3,(H,33,34)/b25-24+. The molecule has 0 saturated heterocycles. The lowest BCUT2D eigenvalue weighted by molar-refractivity contribution is -0.150. The van der Waals surface area contributed by atoms with Crippen molar-refractivity contribution in [2.45, 2.75) is 148 Å². The molecule has 1 unspecified atom stereocenters. The van der Waals surface area contributed by atoms with Crippen LogP contribution in [0.25, 0.3) is 0 Å². The fraction of sp³-hybridized carbons (Fsp3) is 0.806. The smallest absolute Gasteiger partial charge is 0.307 e. The highest BCUT2D eigenvalue weighted by atomic mass is 16.5. The summed E-state index contributed by atoms with van der Waals surface area (Å²) in [6.07, 6.45) is 32.9. The second kappa shape index (κ2) is 27.0. The van der Waals surface area contributed by atoms with Crippen molar-refractivity contribution in [3.8, 4) is 0 Å². The van der Waals surface area contributed by atoms with Crippen LogP contribution < -0.4 is 0 Å². The normalized spacial score (nSPS) is 12.1. The van der Waals surface area contributed by atoms with Crippen molar-refractivity contribution < 1.29 is 19.4 Å². The van der Waals surface area contributed by atoms with Crippen LogP contribution in [-0.4, -0.2) is 23.7 Å². The molecule has 0 aromatic carbocycles. The van der Waals surface area contributed by atoms with Crippen LogP contribution in [0.5, 0.6) is 0 Å². The molecule has 0 spiro atoms. The summed E-state index contributed by atoms with van der Waals surface area (Å²) < 4.78 is 4.88. The second-order valence-corrected chi connectivity index (χ2v) is 10.1. The molecule has 0 aromatic heterocycles. The Morgan fingerprint density at radius 3 is 1.54 bits per heavy atom. The molecular formula is C31H56O4. The summed E-state index contributed by atoms with van der Waals surface area (Å²) in [7, 11) is 0. The third kappa shape index (κ3) is 25.3. The van der Waals surface area contributed by atoms with E-state index >= 15 is 0 Å². The molecule has 35 heavy (non-hydrogen) atoms. The van der Waals surface area contributed by atoms with Crippen molar-refractivity contribution in [3.05, 3.63) is 24.8 Å². The highest BCUT2D eigenvalue weighted by Crippen LogP contribution is 2.15. The maximum atomic E-state index is 11.6. The van der Waals surface area contributed by atoms with Gasteiger partial charge in [0.2, 0.25) is 0 Å². The minimum atomic E-state index is -0.950. The van der Waals surface area contributed by atoms with Crippen molar-refractivity contribution >= 4 is 11.9 Å². The monoisotopic (exact) mass is 492 g/mol. The predicted octanol–water partition coefficient (Wildman–Crippen LogP) is 9.57. The largest absolute Gasteiger partial charge is 0.481 e. The van der Waals surface area contributed by atoms with Gasteiger partial charge in [0, 0.05) is 0 Å². The van der Waals surface area contributed by atoms with E-state index in [2.05, 4.69) is 19.6 Å². The molecule has 0 saturated carbocycles. The average Bonchev–Trinajstić information content (AvgIpc) is 2.84. The van der Waals surface area contributed by atoms with Crippen LogP contribution in [-0.2, 0) is 14.3 Å². The molecule has 0 bridgehead atoms. The Labute approximate surface area is 217 Å². The van der Waals surface area contributed by atoms with Crippen LogP contribution in [0, 0.1) is 5.92 Å². The summed E-state index contributed by atoms with van der Waals surface area (Å²) in [6.45, 7) is 5.89. The van der Waals surface area contributed by atoms with Gasteiger partial charge in [0.1, 0.15) is 6.61 Å². The lowest BCUT2D eigenvalue weighted by Crippen LogP contribution is -2.19. The van der Waals surface area contributed by atoms with Gasteiger partial charge in [-0.15, -0.1) is 0 Å². The number of carbonyl (C=O) groups is 2. The van der Waals surface area contributed by atoms with E-state index in [-0.39, 0.29) is 13.0 Å². The van der Waals surface area contributed by atoms with E-state index in [9.17, 15) is 14.7 Å². The molecule has 1 N–H and O–H groups in total. The first-order valence-electron chi connectivity index (χ1n) is 14.8. The van der Waals surface area contributed by atoms with E-state index in [0.29, 0.717) is 6.42 Å². The van der Waals surface area contributed by atoms with E-state index in [1.54, 1.807) is 0 Å².